The molecule has 3 aromatic carbocycles. The predicted molar refractivity (Wildman–Crippen MR) is 211 cm³/mol. The Hall–Kier alpha value is -5.98. The number of H-pyrrole nitrogens is 1. The maximum Gasteiger partial charge on any atom is 0.407 e. The Kier molecular flexibility index (Phi) is 13.7. The average molecular weight is 765 g/mol. The molecule has 0 saturated carbocycles. The van der Waals surface area contributed by atoms with Crippen molar-refractivity contribution in [3.05, 3.63) is 114 Å². The zero-order valence-electron chi connectivity index (χ0n) is 32.8. The molecule has 0 bridgehead atoms. The maximum atomic E-state index is 14.0. The summed E-state index contributed by atoms with van der Waals surface area (Å²) in [6.45, 7) is 10.6. The van der Waals surface area contributed by atoms with Gasteiger partial charge in [-0.2, -0.15) is 0 Å². The Morgan fingerprint density at radius 3 is 1.88 bits per heavy atom. The lowest BCUT2D eigenvalue weighted by atomic mass is 9.98. The number of nitrogens with one attached hydrogen (secondary N) is 5. The predicted octanol–water partition coefficient (Wildman–Crippen LogP) is 4.96. The molecule has 1 heterocycles. The molecule has 0 saturated heterocycles. The highest BCUT2D eigenvalue weighted by Gasteiger charge is 2.33. The molecule has 13 nitrogen and oxygen atoms in total. The molecule has 4 aromatic rings. The lowest BCUT2D eigenvalue weighted by Crippen LogP contribution is -2.58. The van der Waals surface area contributed by atoms with Crippen molar-refractivity contribution in [1.82, 2.24) is 31.2 Å². The van der Waals surface area contributed by atoms with Crippen LogP contribution in [0.4, 0.5) is 4.79 Å². The normalized spacial score (nSPS) is 14.3. The highest BCUT2D eigenvalue weighted by atomic mass is 16.6. The minimum atomic E-state index is -1.16. The molecular formula is C43H52N6O7. The van der Waals surface area contributed by atoms with Gasteiger partial charge in [-0.3, -0.25) is 14.4 Å². The van der Waals surface area contributed by atoms with Crippen LogP contribution in [0.15, 0.2) is 91.4 Å². The van der Waals surface area contributed by atoms with Crippen molar-refractivity contribution in [2.75, 3.05) is 6.61 Å². The average Bonchev–Trinajstić information content (AvgIpc) is 3.78. The fraction of sp³-hybridized carbons (Fsp3) is 0.395. The number of benzene rings is 3. The maximum absolute atomic E-state index is 14.0. The first kappa shape index (κ1) is 41.2. The third kappa shape index (κ3) is 11.3. The van der Waals surface area contributed by atoms with Crippen LogP contribution >= 0.6 is 0 Å². The molecule has 5 rings (SSSR count). The summed E-state index contributed by atoms with van der Waals surface area (Å²) in [7, 11) is 0. The monoisotopic (exact) mass is 764 g/mol. The van der Waals surface area contributed by atoms with E-state index >= 15 is 0 Å². The molecule has 296 valence electrons. The SMILES string of the molecule is CC(C)C[C@H](NC(=O)[C@H](C)NC(=O)[C@H](Cc1ccccc1)NC(=O)[C@H](Cc1cnc[nH]1)NC(=O)OCC1c2ccccc2-c2ccccc21)C(=O)OC(C)(C)C. The first-order valence-electron chi connectivity index (χ1n) is 18.9. The van der Waals surface area contributed by atoms with Gasteiger partial charge in [-0.25, -0.2) is 14.6 Å². The van der Waals surface area contributed by atoms with E-state index in [-0.39, 0.29) is 31.3 Å². The van der Waals surface area contributed by atoms with Crippen LogP contribution in [-0.4, -0.2) is 76.1 Å². The summed E-state index contributed by atoms with van der Waals surface area (Å²) in [5.41, 5.74) is 4.83. The van der Waals surface area contributed by atoms with Crippen molar-refractivity contribution in [3.8, 4) is 11.1 Å². The topological polar surface area (TPSA) is 181 Å². The molecule has 1 aromatic heterocycles. The number of hydrogen-bond donors (Lipinski definition) is 5. The molecule has 5 N–H and O–H groups in total. The number of aromatic amines is 1. The van der Waals surface area contributed by atoms with Crippen molar-refractivity contribution in [3.63, 3.8) is 0 Å². The fourth-order valence-corrected chi connectivity index (χ4v) is 6.67. The second-order valence-corrected chi connectivity index (χ2v) is 15.5. The number of ether oxygens (including phenoxy) is 2. The van der Waals surface area contributed by atoms with Gasteiger partial charge in [0, 0.05) is 30.7 Å². The van der Waals surface area contributed by atoms with Crippen LogP contribution < -0.4 is 21.3 Å². The number of fused-ring (bicyclic) bond motifs is 3. The summed E-state index contributed by atoms with van der Waals surface area (Å²) in [6.07, 6.45) is 2.64. The third-order valence-electron chi connectivity index (χ3n) is 9.31. The Morgan fingerprint density at radius 2 is 1.29 bits per heavy atom. The summed E-state index contributed by atoms with van der Waals surface area (Å²) >= 11 is 0. The molecule has 0 spiro atoms. The van der Waals surface area contributed by atoms with Gasteiger partial charge >= 0.3 is 12.1 Å². The number of aromatic nitrogens is 2. The molecular weight excluding hydrogens is 713 g/mol. The summed E-state index contributed by atoms with van der Waals surface area (Å²) < 4.78 is 11.3. The van der Waals surface area contributed by atoms with Gasteiger partial charge < -0.3 is 35.7 Å². The van der Waals surface area contributed by atoms with E-state index in [1.807, 2.05) is 92.7 Å². The number of esters is 1. The van der Waals surface area contributed by atoms with E-state index < -0.39 is 59.6 Å². The molecule has 0 fully saturated rings. The van der Waals surface area contributed by atoms with E-state index in [4.69, 9.17) is 9.47 Å². The van der Waals surface area contributed by atoms with Gasteiger partial charge in [0.1, 0.15) is 36.4 Å². The molecule has 1 aliphatic rings. The summed E-state index contributed by atoms with van der Waals surface area (Å²) in [5, 5.41) is 10.9. The van der Waals surface area contributed by atoms with Crippen LogP contribution in [0.5, 0.6) is 0 Å². The fourth-order valence-electron chi connectivity index (χ4n) is 6.67. The molecule has 0 radical (unpaired) electrons. The number of amides is 4. The number of carbonyl (C=O) groups excluding carboxylic acids is 5. The van der Waals surface area contributed by atoms with Crippen LogP contribution in [0.3, 0.4) is 0 Å². The number of rotatable bonds is 16. The van der Waals surface area contributed by atoms with E-state index in [0.717, 1.165) is 27.8 Å². The number of carbonyl (C=O) groups is 5. The third-order valence-corrected chi connectivity index (χ3v) is 9.31. The standard InChI is InChI=1S/C43H52N6O7/c1-26(2)20-37(41(53)56-43(4,5)6)48-38(50)27(3)46-39(51)35(21-28-14-8-7-9-15-28)47-40(52)36(22-29-23-44-25-45-29)49-42(54)55-24-34-32-18-12-10-16-30(32)31-17-11-13-19-33(31)34/h7-19,23,25-27,34-37H,20-22,24H2,1-6H3,(H,44,45)(H,46,51)(H,47,52)(H,48,50)(H,49,54)/t27-,35-,36-,37-/m0/s1. The number of hydrogen-bond acceptors (Lipinski definition) is 8. The van der Waals surface area contributed by atoms with E-state index in [1.54, 1.807) is 20.8 Å². The van der Waals surface area contributed by atoms with Crippen molar-refractivity contribution < 1.29 is 33.4 Å². The van der Waals surface area contributed by atoms with Crippen molar-refractivity contribution in [2.45, 2.75) is 96.5 Å². The van der Waals surface area contributed by atoms with E-state index in [2.05, 4.69) is 31.2 Å². The van der Waals surface area contributed by atoms with Gasteiger partial charge in [0.05, 0.1) is 6.33 Å². The highest BCUT2D eigenvalue weighted by molar-refractivity contribution is 5.95. The van der Waals surface area contributed by atoms with E-state index in [1.165, 1.54) is 19.4 Å². The van der Waals surface area contributed by atoms with Crippen LogP contribution in [0, 0.1) is 5.92 Å². The van der Waals surface area contributed by atoms with Crippen molar-refractivity contribution in [2.24, 2.45) is 5.92 Å². The molecule has 1 aliphatic carbocycles. The van der Waals surface area contributed by atoms with Crippen LogP contribution in [0.1, 0.15) is 76.3 Å². The Balaban J connectivity index is 1.28. The lowest BCUT2D eigenvalue weighted by molar-refractivity contribution is -0.159. The highest BCUT2D eigenvalue weighted by Crippen LogP contribution is 2.44. The van der Waals surface area contributed by atoms with Crippen LogP contribution in [0.25, 0.3) is 11.1 Å². The van der Waals surface area contributed by atoms with Gasteiger partial charge in [-0.1, -0.05) is 92.7 Å². The van der Waals surface area contributed by atoms with E-state index in [9.17, 15) is 24.0 Å². The number of nitrogens with zero attached hydrogens (tertiary/aromatic N) is 1. The van der Waals surface area contributed by atoms with Gasteiger partial charge in [0.15, 0.2) is 0 Å². The second-order valence-electron chi connectivity index (χ2n) is 15.5. The quantitative estimate of drug-likeness (QED) is 0.0993. The van der Waals surface area contributed by atoms with Crippen molar-refractivity contribution in [1.29, 1.82) is 0 Å². The van der Waals surface area contributed by atoms with Gasteiger partial charge in [-0.05, 0) is 67.9 Å². The van der Waals surface area contributed by atoms with Crippen molar-refractivity contribution >= 4 is 29.8 Å². The Bertz CT molecular complexity index is 1930. The Labute approximate surface area is 327 Å². The molecule has 13 heteroatoms. The van der Waals surface area contributed by atoms with Gasteiger partial charge in [0.25, 0.3) is 0 Å². The first-order valence-corrected chi connectivity index (χ1v) is 18.9. The zero-order chi connectivity index (χ0) is 40.4. The molecule has 0 unspecified atom stereocenters. The zero-order valence-corrected chi connectivity index (χ0v) is 32.8. The van der Waals surface area contributed by atoms with Crippen LogP contribution in [-0.2, 0) is 41.5 Å². The minimum Gasteiger partial charge on any atom is -0.458 e. The molecule has 0 aliphatic heterocycles. The molecule has 56 heavy (non-hydrogen) atoms. The summed E-state index contributed by atoms with van der Waals surface area (Å²) in [4.78, 5) is 74.6. The Morgan fingerprint density at radius 1 is 0.714 bits per heavy atom. The van der Waals surface area contributed by atoms with Crippen LogP contribution in [0.2, 0.25) is 0 Å². The number of imidazole rings is 1. The molecule has 4 amide bonds. The van der Waals surface area contributed by atoms with Gasteiger partial charge in [-0.15, -0.1) is 0 Å². The summed E-state index contributed by atoms with van der Waals surface area (Å²) in [6, 6.07) is 20.8. The second kappa shape index (κ2) is 18.6. The van der Waals surface area contributed by atoms with Gasteiger partial charge in [0.2, 0.25) is 17.7 Å². The minimum absolute atomic E-state index is 0.0242. The largest absolute Gasteiger partial charge is 0.458 e. The molecule has 4 atom stereocenters. The number of alkyl carbamates (subject to hydrolysis) is 1. The van der Waals surface area contributed by atoms with E-state index in [0.29, 0.717) is 12.1 Å². The first-order chi connectivity index (χ1) is 26.7. The smallest absolute Gasteiger partial charge is 0.407 e. The summed E-state index contributed by atoms with van der Waals surface area (Å²) in [5.74, 6) is -2.56. The lowest BCUT2D eigenvalue weighted by Gasteiger charge is -2.27.